The topological polar surface area (TPSA) is 120 Å². The van der Waals surface area contributed by atoms with Crippen molar-refractivity contribution >= 4 is 39.6 Å². The van der Waals surface area contributed by atoms with Gasteiger partial charge < -0.3 is 14.8 Å². The summed E-state index contributed by atoms with van der Waals surface area (Å²) in [6.45, 7) is 0. The fourth-order valence-electron chi connectivity index (χ4n) is 2.24. The number of rotatable bonds is 8. The summed E-state index contributed by atoms with van der Waals surface area (Å²) in [5.74, 6) is 0.0377. The van der Waals surface area contributed by atoms with E-state index in [1.165, 1.54) is 44.7 Å². The average Bonchev–Trinajstić information content (AvgIpc) is 3.19. The van der Waals surface area contributed by atoms with Gasteiger partial charge in [0, 0.05) is 5.56 Å². The van der Waals surface area contributed by atoms with Crippen molar-refractivity contribution in [1.29, 1.82) is 0 Å². The predicted octanol–water partition coefficient (Wildman–Crippen LogP) is 3.62. The first-order chi connectivity index (χ1) is 14.5. The van der Waals surface area contributed by atoms with Crippen LogP contribution in [0, 0.1) is 5.82 Å². The molecule has 30 heavy (non-hydrogen) atoms. The number of oxime groups is 1. The van der Waals surface area contributed by atoms with Crippen LogP contribution in [0.15, 0.2) is 50.7 Å². The summed E-state index contributed by atoms with van der Waals surface area (Å²) in [4.78, 5) is 17.4. The molecule has 0 saturated heterocycles. The van der Waals surface area contributed by atoms with Crippen LogP contribution in [0.5, 0.6) is 11.5 Å². The number of aromatic nitrogens is 2. The highest BCUT2D eigenvalue weighted by Gasteiger charge is 2.15. The van der Waals surface area contributed by atoms with Crippen molar-refractivity contribution < 1.29 is 28.2 Å². The first-order valence-corrected chi connectivity index (χ1v) is 9.07. The normalized spacial score (nSPS) is 10.7. The SMILES string of the molecule is COc1ccc(C(=O)Nc2nonc2/C=N/ONc2ccc(F)c(Br)c2)cc1OC. The Labute approximate surface area is 178 Å². The van der Waals surface area contributed by atoms with Gasteiger partial charge in [0.2, 0.25) is 5.82 Å². The molecular formula is C18H15BrFN5O5. The Bertz CT molecular complexity index is 1070. The van der Waals surface area contributed by atoms with E-state index in [2.05, 4.69) is 46.8 Å². The van der Waals surface area contributed by atoms with Gasteiger partial charge in [-0.2, -0.15) is 5.48 Å². The molecule has 156 valence electrons. The van der Waals surface area contributed by atoms with Crippen LogP contribution < -0.4 is 20.3 Å². The molecule has 1 aromatic heterocycles. The Hall–Kier alpha value is -3.67. The van der Waals surface area contributed by atoms with Crippen LogP contribution in [0.25, 0.3) is 0 Å². The number of hydrogen-bond donors (Lipinski definition) is 2. The zero-order valence-corrected chi connectivity index (χ0v) is 17.3. The molecular weight excluding hydrogens is 465 g/mol. The minimum atomic E-state index is -0.475. The Morgan fingerprint density at radius 1 is 1.17 bits per heavy atom. The molecule has 0 saturated carbocycles. The van der Waals surface area contributed by atoms with E-state index in [-0.39, 0.29) is 16.0 Å². The monoisotopic (exact) mass is 479 g/mol. The first-order valence-electron chi connectivity index (χ1n) is 8.28. The second kappa shape index (κ2) is 9.69. The second-order valence-electron chi connectivity index (χ2n) is 5.58. The maximum absolute atomic E-state index is 13.2. The highest BCUT2D eigenvalue weighted by atomic mass is 79.9. The largest absolute Gasteiger partial charge is 0.493 e. The highest BCUT2D eigenvalue weighted by molar-refractivity contribution is 9.10. The maximum Gasteiger partial charge on any atom is 0.257 e. The number of nitrogens with one attached hydrogen (secondary N) is 2. The molecule has 0 fully saturated rings. The van der Waals surface area contributed by atoms with Crippen molar-refractivity contribution in [2.75, 3.05) is 25.0 Å². The number of hydrogen-bond acceptors (Lipinski definition) is 9. The van der Waals surface area contributed by atoms with E-state index in [9.17, 15) is 9.18 Å². The first kappa shape index (κ1) is 21.0. The van der Waals surface area contributed by atoms with Gasteiger partial charge in [-0.3, -0.25) is 9.73 Å². The Balaban J connectivity index is 1.62. The molecule has 1 heterocycles. The molecule has 0 aliphatic heterocycles. The third-order valence-corrected chi connectivity index (χ3v) is 4.31. The quantitative estimate of drug-likeness (QED) is 0.371. The minimum absolute atomic E-state index is 0.0339. The Kier molecular flexibility index (Phi) is 6.80. The van der Waals surface area contributed by atoms with Crippen molar-refractivity contribution in [2.45, 2.75) is 0 Å². The zero-order chi connectivity index (χ0) is 21.5. The Morgan fingerprint density at radius 2 is 1.97 bits per heavy atom. The number of carbonyl (C=O) groups is 1. The number of methoxy groups -OCH3 is 2. The van der Waals surface area contributed by atoms with Crippen molar-refractivity contribution in [1.82, 2.24) is 10.3 Å². The number of benzene rings is 2. The summed E-state index contributed by atoms with van der Waals surface area (Å²) in [5.41, 5.74) is 3.38. The lowest BCUT2D eigenvalue weighted by Gasteiger charge is -2.09. The molecule has 0 aliphatic rings. The van der Waals surface area contributed by atoms with Crippen LogP contribution >= 0.6 is 15.9 Å². The lowest BCUT2D eigenvalue weighted by molar-refractivity contribution is 0.102. The molecule has 1 amide bonds. The van der Waals surface area contributed by atoms with E-state index >= 15 is 0 Å². The van der Waals surface area contributed by atoms with Crippen LogP contribution in [0.4, 0.5) is 15.9 Å². The third-order valence-electron chi connectivity index (χ3n) is 3.70. The van der Waals surface area contributed by atoms with Crippen LogP contribution in [-0.4, -0.2) is 36.7 Å². The molecule has 3 rings (SSSR count). The predicted molar refractivity (Wildman–Crippen MR) is 108 cm³/mol. The van der Waals surface area contributed by atoms with Crippen molar-refractivity contribution in [3.63, 3.8) is 0 Å². The summed E-state index contributed by atoms with van der Waals surface area (Å²) in [5, 5.41) is 13.5. The highest BCUT2D eigenvalue weighted by Crippen LogP contribution is 2.28. The average molecular weight is 480 g/mol. The Morgan fingerprint density at radius 3 is 2.70 bits per heavy atom. The zero-order valence-electron chi connectivity index (χ0n) is 15.7. The number of ether oxygens (including phenoxy) is 2. The van der Waals surface area contributed by atoms with Gasteiger partial charge in [0.15, 0.2) is 17.2 Å². The summed E-state index contributed by atoms with van der Waals surface area (Å²) in [6, 6.07) is 8.86. The fraction of sp³-hybridized carbons (Fsp3) is 0.111. The number of amides is 1. The molecule has 0 bridgehead atoms. The van der Waals surface area contributed by atoms with Crippen LogP contribution in [0.3, 0.4) is 0 Å². The minimum Gasteiger partial charge on any atom is -0.493 e. The molecule has 12 heteroatoms. The molecule has 0 spiro atoms. The molecule has 0 atom stereocenters. The molecule has 0 radical (unpaired) electrons. The standard InChI is InChI=1S/C18H15BrFN5O5/c1-27-15-6-3-10(7-16(15)28-2)18(26)22-17-14(24-30-25-17)9-21-29-23-11-4-5-13(20)12(19)8-11/h3-9,23H,1-2H3,(H,22,25,26)/b21-9+. The molecule has 0 aliphatic carbocycles. The van der Waals surface area contributed by atoms with Gasteiger partial charge in [0.25, 0.3) is 5.91 Å². The van der Waals surface area contributed by atoms with E-state index < -0.39 is 11.7 Å². The molecule has 2 aromatic carbocycles. The smallest absolute Gasteiger partial charge is 0.257 e. The molecule has 3 aromatic rings. The van der Waals surface area contributed by atoms with Crippen molar-refractivity contribution in [3.8, 4) is 11.5 Å². The fourth-order valence-corrected chi connectivity index (χ4v) is 2.62. The van der Waals surface area contributed by atoms with Gasteiger partial charge in [-0.05, 0) is 62.6 Å². The third kappa shape index (κ3) is 5.03. The number of carbonyl (C=O) groups excluding carboxylic acids is 1. The van der Waals surface area contributed by atoms with E-state index in [1.54, 1.807) is 12.1 Å². The van der Waals surface area contributed by atoms with Gasteiger partial charge >= 0.3 is 0 Å². The van der Waals surface area contributed by atoms with E-state index in [1.807, 2.05) is 0 Å². The summed E-state index contributed by atoms with van der Waals surface area (Å²) in [6.07, 6.45) is 1.17. The molecule has 0 unspecified atom stereocenters. The van der Waals surface area contributed by atoms with Crippen molar-refractivity contribution in [2.24, 2.45) is 5.16 Å². The number of halogens is 2. The molecule has 10 nitrogen and oxygen atoms in total. The van der Waals surface area contributed by atoms with Gasteiger partial charge in [0.1, 0.15) is 12.0 Å². The lowest BCUT2D eigenvalue weighted by Crippen LogP contribution is -2.13. The number of nitrogens with zero attached hydrogens (tertiary/aromatic N) is 3. The van der Waals surface area contributed by atoms with Crippen LogP contribution in [0.2, 0.25) is 0 Å². The molecule has 2 N–H and O–H groups in total. The lowest BCUT2D eigenvalue weighted by atomic mass is 10.2. The summed E-state index contributed by atoms with van der Waals surface area (Å²) < 4.78 is 28.4. The van der Waals surface area contributed by atoms with E-state index in [0.29, 0.717) is 22.7 Å². The van der Waals surface area contributed by atoms with E-state index in [0.717, 1.165) is 0 Å². The van der Waals surface area contributed by atoms with Crippen LogP contribution in [0.1, 0.15) is 16.1 Å². The second-order valence-corrected chi connectivity index (χ2v) is 6.43. The summed E-state index contributed by atoms with van der Waals surface area (Å²) >= 11 is 3.06. The van der Waals surface area contributed by atoms with E-state index in [4.69, 9.17) is 14.4 Å². The number of anilines is 2. The van der Waals surface area contributed by atoms with Gasteiger partial charge in [-0.25, -0.2) is 9.02 Å². The van der Waals surface area contributed by atoms with Gasteiger partial charge in [-0.15, -0.1) is 0 Å². The van der Waals surface area contributed by atoms with Gasteiger partial charge in [0.05, 0.1) is 24.4 Å². The van der Waals surface area contributed by atoms with Crippen LogP contribution in [-0.2, 0) is 4.94 Å². The van der Waals surface area contributed by atoms with Gasteiger partial charge in [-0.1, -0.05) is 5.16 Å². The van der Waals surface area contributed by atoms with Crippen molar-refractivity contribution in [3.05, 3.63) is 57.9 Å². The summed E-state index contributed by atoms with van der Waals surface area (Å²) in [7, 11) is 2.96. The maximum atomic E-state index is 13.2.